The third kappa shape index (κ3) is 3.47. The van der Waals surface area contributed by atoms with Crippen LogP contribution in [-0.4, -0.2) is 21.1 Å². The Morgan fingerprint density at radius 1 is 1.24 bits per heavy atom. The van der Waals surface area contributed by atoms with Gasteiger partial charge in [-0.25, -0.2) is 4.98 Å². The van der Waals surface area contributed by atoms with Crippen molar-refractivity contribution < 1.29 is 0 Å². The molecule has 0 atom stereocenters. The fourth-order valence-corrected chi connectivity index (χ4v) is 2.57. The molecule has 0 aliphatic heterocycles. The highest BCUT2D eigenvalue weighted by molar-refractivity contribution is 5.82. The number of fused-ring (bicyclic) bond motifs is 1. The van der Waals surface area contributed by atoms with Crippen LogP contribution in [0.15, 0.2) is 49.1 Å². The molecule has 0 spiro atoms. The van der Waals surface area contributed by atoms with Crippen molar-refractivity contribution in [2.45, 2.75) is 26.4 Å². The molecule has 0 saturated heterocycles. The number of rotatable bonds is 6. The van der Waals surface area contributed by atoms with E-state index in [-0.39, 0.29) is 0 Å². The Bertz CT molecular complexity index is 704. The summed E-state index contributed by atoms with van der Waals surface area (Å²) in [4.78, 5) is 8.62. The number of hydrogen-bond acceptors (Lipinski definition) is 3. The van der Waals surface area contributed by atoms with Gasteiger partial charge in [0.2, 0.25) is 0 Å². The highest BCUT2D eigenvalue weighted by Gasteiger charge is 2.03. The molecule has 108 valence electrons. The molecule has 0 aliphatic rings. The maximum atomic E-state index is 4.58. The number of aromatic nitrogens is 3. The van der Waals surface area contributed by atoms with Crippen LogP contribution in [0.4, 0.5) is 0 Å². The summed E-state index contributed by atoms with van der Waals surface area (Å²) in [7, 11) is 0. The molecule has 3 rings (SSSR count). The minimum absolute atomic E-state index is 0.883. The number of nitrogens with one attached hydrogen (secondary N) is 1. The summed E-state index contributed by atoms with van der Waals surface area (Å²) >= 11 is 0. The molecule has 0 bridgehead atoms. The largest absolute Gasteiger partial charge is 0.337 e. The Morgan fingerprint density at radius 2 is 2.14 bits per heavy atom. The maximum Gasteiger partial charge on any atom is 0.0945 e. The molecule has 1 aromatic carbocycles. The van der Waals surface area contributed by atoms with E-state index in [1.54, 1.807) is 0 Å². The first-order chi connectivity index (χ1) is 10.3. The zero-order valence-electron chi connectivity index (χ0n) is 12.3. The molecule has 0 saturated carbocycles. The van der Waals surface area contributed by atoms with Gasteiger partial charge in [-0.05, 0) is 37.6 Å². The maximum absolute atomic E-state index is 4.58. The van der Waals surface area contributed by atoms with Gasteiger partial charge in [-0.1, -0.05) is 18.2 Å². The van der Waals surface area contributed by atoms with Crippen molar-refractivity contribution in [3.05, 3.63) is 60.3 Å². The van der Waals surface area contributed by atoms with Crippen LogP contribution in [0.1, 0.15) is 17.7 Å². The number of pyridine rings is 1. The van der Waals surface area contributed by atoms with Crippen LogP contribution < -0.4 is 5.32 Å². The van der Waals surface area contributed by atoms with E-state index in [2.05, 4.69) is 51.0 Å². The molecule has 21 heavy (non-hydrogen) atoms. The van der Waals surface area contributed by atoms with Gasteiger partial charge in [-0.15, -0.1) is 0 Å². The second kappa shape index (κ2) is 6.50. The van der Waals surface area contributed by atoms with E-state index in [1.165, 1.54) is 10.9 Å². The van der Waals surface area contributed by atoms with E-state index in [0.717, 1.165) is 37.3 Å². The number of hydrogen-bond donors (Lipinski definition) is 1. The summed E-state index contributed by atoms with van der Waals surface area (Å²) in [6, 6.07) is 10.5. The Labute approximate surface area is 124 Å². The highest BCUT2D eigenvalue weighted by atomic mass is 15.0. The van der Waals surface area contributed by atoms with Gasteiger partial charge in [-0.2, -0.15) is 0 Å². The molecule has 2 aromatic heterocycles. The summed E-state index contributed by atoms with van der Waals surface area (Å²) < 4.78 is 2.10. The lowest BCUT2D eigenvalue weighted by Crippen LogP contribution is -2.16. The first-order valence-electron chi connectivity index (χ1n) is 7.34. The van der Waals surface area contributed by atoms with Gasteiger partial charge < -0.3 is 9.88 Å². The van der Waals surface area contributed by atoms with Crippen LogP contribution in [0.5, 0.6) is 0 Å². The van der Waals surface area contributed by atoms with Crippen LogP contribution in [0, 0.1) is 6.92 Å². The first kappa shape index (κ1) is 13.8. The number of benzene rings is 1. The van der Waals surface area contributed by atoms with Gasteiger partial charge in [0.1, 0.15) is 0 Å². The van der Waals surface area contributed by atoms with E-state index in [4.69, 9.17) is 0 Å². The predicted octanol–water partition coefficient (Wildman–Crippen LogP) is 2.92. The smallest absolute Gasteiger partial charge is 0.0945 e. The summed E-state index contributed by atoms with van der Waals surface area (Å²) in [5, 5.41) is 4.76. The third-order valence-electron chi connectivity index (χ3n) is 3.57. The second-order valence-electron chi connectivity index (χ2n) is 5.27. The summed E-state index contributed by atoms with van der Waals surface area (Å²) in [6.45, 7) is 4.93. The van der Waals surface area contributed by atoms with Crippen molar-refractivity contribution in [2.75, 3.05) is 6.54 Å². The van der Waals surface area contributed by atoms with E-state index in [9.17, 15) is 0 Å². The molecular formula is C17H20N4. The van der Waals surface area contributed by atoms with E-state index >= 15 is 0 Å². The lowest BCUT2D eigenvalue weighted by Gasteiger charge is -2.09. The molecular weight excluding hydrogens is 260 g/mol. The zero-order valence-corrected chi connectivity index (χ0v) is 12.3. The first-order valence-corrected chi connectivity index (χ1v) is 7.34. The average Bonchev–Trinajstić information content (AvgIpc) is 3.00. The third-order valence-corrected chi connectivity index (χ3v) is 3.57. The van der Waals surface area contributed by atoms with Crippen molar-refractivity contribution in [1.29, 1.82) is 0 Å². The lowest BCUT2D eigenvalue weighted by molar-refractivity contribution is 0.581. The fourth-order valence-electron chi connectivity index (χ4n) is 2.57. The molecule has 2 heterocycles. The highest BCUT2D eigenvalue weighted by Crippen LogP contribution is 2.17. The Balaban J connectivity index is 1.57. The molecule has 1 N–H and O–H groups in total. The monoisotopic (exact) mass is 280 g/mol. The van der Waals surface area contributed by atoms with Crippen molar-refractivity contribution in [3.8, 4) is 0 Å². The summed E-state index contributed by atoms with van der Waals surface area (Å²) in [6.07, 6.45) is 6.77. The van der Waals surface area contributed by atoms with Crippen LogP contribution in [0.2, 0.25) is 0 Å². The summed E-state index contributed by atoms with van der Waals surface area (Å²) in [5.41, 5.74) is 3.47. The normalized spacial score (nSPS) is 11.1. The van der Waals surface area contributed by atoms with Gasteiger partial charge >= 0.3 is 0 Å². The Morgan fingerprint density at radius 3 is 3.00 bits per heavy atom. The zero-order chi connectivity index (χ0) is 14.5. The van der Waals surface area contributed by atoms with Crippen molar-refractivity contribution in [2.24, 2.45) is 0 Å². The molecule has 0 aliphatic carbocycles. The van der Waals surface area contributed by atoms with Crippen LogP contribution in [0.25, 0.3) is 10.9 Å². The molecule has 4 nitrogen and oxygen atoms in total. The number of imidazole rings is 1. The second-order valence-corrected chi connectivity index (χ2v) is 5.27. The fraction of sp³-hybridized carbons (Fsp3) is 0.294. The van der Waals surface area contributed by atoms with Gasteiger partial charge in [0.25, 0.3) is 0 Å². The SMILES string of the molecule is Cc1cc(CNCCCn2ccnc2)c2ccccc2n1. The minimum Gasteiger partial charge on any atom is -0.337 e. The van der Waals surface area contributed by atoms with Crippen LogP contribution >= 0.6 is 0 Å². The quantitative estimate of drug-likeness (QED) is 0.706. The summed E-state index contributed by atoms with van der Waals surface area (Å²) in [5.74, 6) is 0. The van der Waals surface area contributed by atoms with Gasteiger partial charge in [0, 0.05) is 36.6 Å². The van der Waals surface area contributed by atoms with Crippen molar-refractivity contribution in [3.63, 3.8) is 0 Å². The van der Waals surface area contributed by atoms with E-state index in [1.807, 2.05) is 24.8 Å². The van der Waals surface area contributed by atoms with Gasteiger partial charge in [0.05, 0.1) is 11.8 Å². The Hall–Kier alpha value is -2.20. The number of aryl methyl sites for hydroxylation is 2. The number of nitrogens with zero attached hydrogens (tertiary/aromatic N) is 3. The van der Waals surface area contributed by atoms with Gasteiger partial charge in [-0.3, -0.25) is 4.98 Å². The molecule has 0 unspecified atom stereocenters. The Kier molecular flexibility index (Phi) is 4.26. The van der Waals surface area contributed by atoms with E-state index in [0.29, 0.717) is 0 Å². The standard InChI is InChI=1S/C17H20N4/c1-14-11-15(16-5-2-3-6-17(16)20-14)12-18-7-4-9-21-10-8-19-13-21/h2-3,5-6,8,10-11,13,18H,4,7,9,12H2,1H3. The molecule has 3 aromatic rings. The molecule has 0 fully saturated rings. The topological polar surface area (TPSA) is 42.7 Å². The predicted molar refractivity (Wildman–Crippen MR) is 85.0 cm³/mol. The molecule has 0 amide bonds. The number of para-hydroxylation sites is 1. The molecule has 0 radical (unpaired) electrons. The van der Waals surface area contributed by atoms with E-state index < -0.39 is 0 Å². The van der Waals surface area contributed by atoms with Crippen LogP contribution in [-0.2, 0) is 13.1 Å². The van der Waals surface area contributed by atoms with Crippen molar-refractivity contribution in [1.82, 2.24) is 19.9 Å². The van der Waals surface area contributed by atoms with Crippen molar-refractivity contribution >= 4 is 10.9 Å². The molecule has 4 heteroatoms. The average molecular weight is 280 g/mol. The lowest BCUT2D eigenvalue weighted by atomic mass is 10.1. The van der Waals surface area contributed by atoms with Crippen LogP contribution in [0.3, 0.4) is 0 Å². The van der Waals surface area contributed by atoms with Gasteiger partial charge in [0.15, 0.2) is 0 Å². The minimum atomic E-state index is 0.883.